The lowest BCUT2D eigenvalue weighted by Gasteiger charge is -2.21. The largest absolute Gasteiger partial charge is 0.382 e. The van der Waals surface area contributed by atoms with E-state index in [1.807, 2.05) is 0 Å². The van der Waals surface area contributed by atoms with Gasteiger partial charge in [-0.25, -0.2) is 13.1 Å². The first-order valence-corrected chi connectivity index (χ1v) is 8.19. The molecule has 1 N–H and O–H groups in total. The van der Waals surface area contributed by atoms with E-state index >= 15 is 0 Å². The lowest BCUT2D eigenvalue weighted by molar-refractivity contribution is -0.141. The minimum atomic E-state index is -3.24. The van der Waals surface area contributed by atoms with Gasteiger partial charge in [-0.2, -0.15) is 0 Å². The van der Waals surface area contributed by atoms with Gasteiger partial charge in [0.05, 0.1) is 11.5 Å². The number of nitrogens with one attached hydrogen (secondary N) is 1. The zero-order valence-corrected chi connectivity index (χ0v) is 11.4. The molecule has 1 atom stereocenters. The number of nitrogens with zero attached hydrogens (tertiary/aromatic N) is 2. The summed E-state index contributed by atoms with van der Waals surface area (Å²) in [6.45, 7) is 0.862. The second-order valence-corrected chi connectivity index (χ2v) is 7.12. The predicted molar refractivity (Wildman–Crippen MR) is 68.0 cm³/mol. The fourth-order valence-electron chi connectivity index (χ4n) is 2.36. The van der Waals surface area contributed by atoms with Crippen LogP contribution in [0.1, 0.15) is 19.3 Å². The number of hydrogen-bond acceptors (Lipinski definition) is 5. The Morgan fingerprint density at radius 3 is 2.89 bits per heavy atom. The van der Waals surface area contributed by atoms with E-state index in [-0.39, 0.29) is 24.7 Å². The fourth-order valence-corrected chi connectivity index (χ4v) is 3.37. The standard InChI is InChI=1S/C11H17N3O4S/c15-11(10-7-9(13-18-10)8-1-2-8)14-4-3-12-19(16,17)6-5-14/h8,10,12H,1-7H2. The number of oxime groups is 1. The Kier molecular flexibility index (Phi) is 3.22. The minimum Gasteiger partial charge on any atom is -0.382 e. The van der Waals surface area contributed by atoms with Crippen molar-refractivity contribution in [3.63, 3.8) is 0 Å². The molecule has 0 aromatic rings. The summed E-state index contributed by atoms with van der Waals surface area (Å²) >= 11 is 0. The topological polar surface area (TPSA) is 88.1 Å². The normalized spacial score (nSPS) is 30.4. The number of rotatable bonds is 2. The van der Waals surface area contributed by atoms with Crippen LogP contribution in [0, 0.1) is 5.92 Å². The van der Waals surface area contributed by atoms with Crippen molar-refractivity contribution >= 4 is 21.6 Å². The van der Waals surface area contributed by atoms with Crippen molar-refractivity contribution in [2.24, 2.45) is 11.1 Å². The van der Waals surface area contributed by atoms with Crippen molar-refractivity contribution in [1.82, 2.24) is 9.62 Å². The summed E-state index contributed by atoms with van der Waals surface area (Å²) < 4.78 is 25.3. The second-order valence-electron chi connectivity index (χ2n) is 5.19. The van der Waals surface area contributed by atoms with Gasteiger partial charge < -0.3 is 9.74 Å². The summed E-state index contributed by atoms with van der Waals surface area (Å²) in [6.07, 6.45) is 2.26. The van der Waals surface area contributed by atoms with Gasteiger partial charge in [0.2, 0.25) is 16.1 Å². The molecule has 1 saturated carbocycles. The Morgan fingerprint density at radius 2 is 2.16 bits per heavy atom. The van der Waals surface area contributed by atoms with E-state index in [9.17, 15) is 13.2 Å². The van der Waals surface area contributed by atoms with Crippen LogP contribution in [-0.2, 0) is 19.7 Å². The van der Waals surface area contributed by atoms with Gasteiger partial charge in [0.25, 0.3) is 5.91 Å². The molecule has 2 aliphatic heterocycles. The molecule has 7 nitrogen and oxygen atoms in total. The summed E-state index contributed by atoms with van der Waals surface area (Å²) in [4.78, 5) is 19.0. The fraction of sp³-hybridized carbons (Fsp3) is 0.818. The molecule has 106 valence electrons. The van der Waals surface area contributed by atoms with Gasteiger partial charge in [-0.3, -0.25) is 4.79 Å². The summed E-state index contributed by atoms with van der Waals surface area (Å²) in [5.41, 5.74) is 0.985. The molecule has 1 saturated heterocycles. The third kappa shape index (κ3) is 2.89. The molecule has 3 aliphatic rings. The SMILES string of the molecule is O=C(C1CC(C2CC2)=NO1)N1CCNS(=O)(=O)CC1. The highest BCUT2D eigenvalue weighted by atomic mass is 32.2. The molecule has 2 heterocycles. The minimum absolute atomic E-state index is 0.0538. The summed E-state index contributed by atoms with van der Waals surface area (Å²) in [5, 5.41) is 3.98. The van der Waals surface area contributed by atoms with Crippen LogP contribution in [0.25, 0.3) is 0 Å². The molecular formula is C11H17N3O4S. The van der Waals surface area contributed by atoms with Gasteiger partial charge in [-0.15, -0.1) is 0 Å². The molecule has 3 rings (SSSR count). The molecule has 0 spiro atoms. The van der Waals surface area contributed by atoms with Crippen molar-refractivity contribution in [3.8, 4) is 0 Å². The number of carbonyl (C=O) groups excluding carboxylic acids is 1. The van der Waals surface area contributed by atoms with E-state index in [1.165, 1.54) is 0 Å². The molecule has 0 radical (unpaired) electrons. The molecule has 0 aromatic carbocycles. The molecule has 19 heavy (non-hydrogen) atoms. The number of carbonyl (C=O) groups is 1. The first kappa shape index (κ1) is 12.9. The van der Waals surface area contributed by atoms with Crippen molar-refractivity contribution < 1.29 is 18.0 Å². The quantitative estimate of drug-likeness (QED) is 0.727. The highest BCUT2D eigenvalue weighted by molar-refractivity contribution is 7.89. The van der Waals surface area contributed by atoms with Gasteiger partial charge in [-0.05, 0) is 12.8 Å². The van der Waals surface area contributed by atoms with Crippen molar-refractivity contribution in [3.05, 3.63) is 0 Å². The Balaban J connectivity index is 1.58. The summed E-state index contributed by atoms with van der Waals surface area (Å²) in [7, 11) is -3.24. The summed E-state index contributed by atoms with van der Waals surface area (Å²) in [6, 6.07) is 0. The zero-order valence-electron chi connectivity index (χ0n) is 10.5. The van der Waals surface area contributed by atoms with Crippen LogP contribution >= 0.6 is 0 Å². The third-order valence-electron chi connectivity index (χ3n) is 3.66. The maximum Gasteiger partial charge on any atom is 0.266 e. The average Bonchev–Trinajstić information content (AvgIpc) is 3.13. The van der Waals surface area contributed by atoms with Crippen LogP contribution in [0.3, 0.4) is 0 Å². The Morgan fingerprint density at radius 1 is 1.37 bits per heavy atom. The molecule has 2 fully saturated rings. The number of sulfonamides is 1. The van der Waals surface area contributed by atoms with Crippen molar-refractivity contribution in [2.45, 2.75) is 25.4 Å². The Hall–Kier alpha value is -1.15. The van der Waals surface area contributed by atoms with E-state index in [0.29, 0.717) is 18.9 Å². The van der Waals surface area contributed by atoms with Gasteiger partial charge >= 0.3 is 0 Å². The maximum atomic E-state index is 12.3. The Labute approximate surface area is 112 Å². The third-order valence-corrected chi connectivity index (χ3v) is 5.03. The van der Waals surface area contributed by atoms with E-state index in [4.69, 9.17) is 4.84 Å². The molecule has 1 amide bonds. The highest BCUT2D eigenvalue weighted by Crippen LogP contribution is 2.35. The first-order chi connectivity index (χ1) is 9.05. The lowest BCUT2D eigenvalue weighted by atomic mass is 10.1. The highest BCUT2D eigenvalue weighted by Gasteiger charge is 2.38. The van der Waals surface area contributed by atoms with E-state index in [1.54, 1.807) is 4.90 Å². The smallest absolute Gasteiger partial charge is 0.266 e. The predicted octanol–water partition coefficient (Wildman–Crippen LogP) is -0.697. The Bertz CT molecular complexity index is 512. The summed E-state index contributed by atoms with van der Waals surface area (Å²) in [5.74, 6) is 0.296. The molecule has 1 aliphatic carbocycles. The molecular weight excluding hydrogens is 270 g/mol. The van der Waals surface area contributed by atoms with Gasteiger partial charge in [-0.1, -0.05) is 5.16 Å². The lowest BCUT2D eigenvalue weighted by Crippen LogP contribution is -2.41. The molecule has 1 unspecified atom stereocenters. The van der Waals surface area contributed by atoms with Gasteiger partial charge in [0.1, 0.15) is 0 Å². The first-order valence-electron chi connectivity index (χ1n) is 6.54. The van der Waals surface area contributed by atoms with Crippen LogP contribution in [0.4, 0.5) is 0 Å². The molecule has 0 bridgehead atoms. The number of amides is 1. The van der Waals surface area contributed by atoms with Crippen LogP contribution in [0.15, 0.2) is 5.16 Å². The second kappa shape index (κ2) is 4.75. The van der Waals surface area contributed by atoms with E-state index in [2.05, 4.69) is 9.88 Å². The molecule has 8 heteroatoms. The average molecular weight is 287 g/mol. The van der Waals surface area contributed by atoms with Gasteiger partial charge in [0.15, 0.2) is 0 Å². The van der Waals surface area contributed by atoms with Crippen LogP contribution in [0.5, 0.6) is 0 Å². The van der Waals surface area contributed by atoms with Crippen molar-refractivity contribution in [1.29, 1.82) is 0 Å². The monoisotopic (exact) mass is 287 g/mol. The molecule has 0 aromatic heterocycles. The zero-order chi connectivity index (χ0) is 13.5. The van der Waals surface area contributed by atoms with E-state index in [0.717, 1.165) is 18.6 Å². The van der Waals surface area contributed by atoms with Crippen LogP contribution in [0.2, 0.25) is 0 Å². The number of hydrogen-bond donors (Lipinski definition) is 1. The van der Waals surface area contributed by atoms with E-state index < -0.39 is 16.1 Å². The van der Waals surface area contributed by atoms with Crippen LogP contribution < -0.4 is 4.72 Å². The van der Waals surface area contributed by atoms with Gasteiger partial charge in [0, 0.05) is 32.0 Å². The van der Waals surface area contributed by atoms with Crippen molar-refractivity contribution in [2.75, 3.05) is 25.4 Å². The maximum absolute atomic E-state index is 12.3. The van der Waals surface area contributed by atoms with Crippen LogP contribution in [-0.4, -0.2) is 56.4 Å².